The first-order chi connectivity index (χ1) is 15.3. The highest BCUT2D eigenvalue weighted by atomic mass is 16.6. The Kier molecular flexibility index (Phi) is 7.01. The van der Waals surface area contributed by atoms with Gasteiger partial charge in [0, 0.05) is 0 Å². The third kappa shape index (κ3) is 6.51. The molecule has 4 aromatic carbocycles. The molecule has 0 aliphatic heterocycles. The molecule has 150 valence electrons. The van der Waals surface area contributed by atoms with Crippen molar-refractivity contribution < 1.29 is 9.31 Å². The minimum absolute atomic E-state index is 0.165. The normalized spacial score (nSPS) is 11.0. The van der Waals surface area contributed by atoms with Crippen LogP contribution in [-0.4, -0.2) is 7.69 Å². The zero-order valence-corrected chi connectivity index (χ0v) is 17.2. The highest BCUT2D eigenvalue weighted by Crippen LogP contribution is 2.17. The van der Waals surface area contributed by atoms with Crippen LogP contribution in [0, 0.1) is 0 Å². The molecule has 4 rings (SSSR count). The van der Waals surface area contributed by atoms with Crippen molar-refractivity contribution in [2.45, 2.75) is 0 Å². The minimum atomic E-state index is 0.165. The molecule has 4 aromatic rings. The molecule has 0 aliphatic rings. The molecule has 0 spiro atoms. The van der Waals surface area contributed by atoms with Crippen LogP contribution in [0.3, 0.4) is 0 Å². The molecule has 2 nitrogen and oxygen atoms in total. The van der Waals surface area contributed by atoms with E-state index in [0.717, 1.165) is 22.6 Å². The van der Waals surface area contributed by atoms with Crippen molar-refractivity contribution in [2.75, 3.05) is 0 Å². The van der Waals surface area contributed by atoms with Crippen molar-refractivity contribution in [1.82, 2.24) is 0 Å². The van der Waals surface area contributed by atoms with Gasteiger partial charge in [0.1, 0.15) is 11.5 Å². The van der Waals surface area contributed by atoms with Gasteiger partial charge in [-0.3, -0.25) is 0 Å². The maximum atomic E-state index is 5.70. The van der Waals surface area contributed by atoms with Crippen LogP contribution in [0.15, 0.2) is 109 Å². The van der Waals surface area contributed by atoms with E-state index in [1.807, 2.05) is 84.9 Å². The van der Waals surface area contributed by atoms with Crippen LogP contribution in [0.5, 0.6) is 11.5 Å². The Balaban J connectivity index is 1.24. The third-order valence-electron chi connectivity index (χ3n) is 4.75. The Morgan fingerprint density at radius 1 is 0.387 bits per heavy atom. The Morgan fingerprint density at radius 2 is 0.710 bits per heavy atom. The second kappa shape index (κ2) is 10.7. The van der Waals surface area contributed by atoms with Crippen molar-refractivity contribution in [3.8, 4) is 11.5 Å². The van der Waals surface area contributed by atoms with Gasteiger partial charge in [0.05, 0.1) is 0 Å². The molecule has 0 heterocycles. The summed E-state index contributed by atoms with van der Waals surface area (Å²) in [4.78, 5) is 0. The van der Waals surface area contributed by atoms with Crippen LogP contribution in [0.2, 0.25) is 0 Å². The monoisotopic (exact) mass is 402 g/mol. The summed E-state index contributed by atoms with van der Waals surface area (Å²) in [5.41, 5.74) is 4.60. The number of benzene rings is 4. The molecule has 0 saturated heterocycles. The van der Waals surface area contributed by atoms with Crippen molar-refractivity contribution in [2.24, 2.45) is 0 Å². The van der Waals surface area contributed by atoms with Crippen LogP contribution in [0.25, 0.3) is 24.3 Å². The third-order valence-corrected chi connectivity index (χ3v) is 4.75. The lowest BCUT2D eigenvalue weighted by atomic mass is 10.1. The van der Waals surface area contributed by atoms with Gasteiger partial charge in [-0.1, -0.05) is 109 Å². The Labute approximate surface area is 184 Å². The zero-order valence-electron chi connectivity index (χ0n) is 17.2. The molecule has 0 N–H and O–H groups in total. The lowest BCUT2D eigenvalue weighted by Gasteiger charge is -2.08. The van der Waals surface area contributed by atoms with Crippen molar-refractivity contribution in [3.05, 3.63) is 131 Å². The lowest BCUT2D eigenvalue weighted by Crippen LogP contribution is -2.10. The van der Waals surface area contributed by atoms with Gasteiger partial charge in [-0.25, -0.2) is 0 Å². The van der Waals surface area contributed by atoms with Gasteiger partial charge in [0.25, 0.3) is 0 Å². The van der Waals surface area contributed by atoms with Gasteiger partial charge >= 0.3 is 7.69 Å². The van der Waals surface area contributed by atoms with E-state index in [1.165, 1.54) is 11.1 Å². The standard InChI is InChI=1S/C28H23BO2/c1-3-7-23(8-4-1)11-13-25-15-19-27(20-16-25)30-29-31-28-21-17-26(18-22-28)14-12-24-9-5-2-6-10-24/h1-22,29H. The SMILES string of the molecule is B(Oc1ccc(C=Cc2ccccc2)cc1)Oc1ccc(C=Cc2ccccc2)cc1. The average Bonchev–Trinajstić information content (AvgIpc) is 2.84. The molecule has 0 amide bonds. The van der Waals surface area contributed by atoms with Crippen LogP contribution >= 0.6 is 0 Å². The van der Waals surface area contributed by atoms with Crippen molar-refractivity contribution in [1.29, 1.82) is 0 Å². The van der Waals surface area contributed by atoms with Gasteiger partial charge in [-0.2, -0.15) is 0 Å². The summed E-state index contributed by atoms with van der Waals surface area (Å²) in [6, 6.07) is 36.4. The molecule has 0 bridgehead atoms. The first-order valence-corrected chi connectivity index (χ1v) is 10.3. The summed E-state index contributed by atoms with van der Waals surface area (Å²) in [5.74, 6) is 1.55. The van der Waals surface area contributed by atoms with E-state index in [-0.39, 0.29) is 7.69 Å². The zero-order chi connectivity index (χ0) is 21.1. The molecular weight excluding hydrogens is 379 g/mol. The number of hydrogen-bond donors (Lipinski definition) is 0. The molecule has 0 atom stereocenters. The van der Waals surface area contributed by atoms with Crippen LogP contribution in [0.4, 0.5) is 0 Å². The van der Waals surface area contributed by atoms with Gasteiger partial charge in [-0.15, -0.1) is 0 Å². The largest absolute Gasteiger partial charge is 0.576 e. The smallest absolute Gasteiger partial charge is 0.529 e. The highest BCUT2D eigenvalue weighted by molar-refractivity contribution is 6.20. The molecule has 3 heteroatoms. The summed E-state index contributed by atoms with van der Waals surface area (Å²) < 4.78 is 11.4. The maximum Gasteiger partial charge on any atom is 0.576 e. The lowest BCUT2D eigenvalue weighted by molar-refractivity contribution is 0.459. The number of rotatable bonds is 8. The van der Waals surface area contributed by atoms with E-state index in [4.69, 9.17) is 9.31 Å². The number of hydrogen-bond acceptors (Lipinski definition) is 2. The summed E-state index contributed by atoms with van der Waals surface area (Å²) >= 11 is 0. The second-order valence-corrected chi connectivity index (χ2v) is 7.03. The Bertz CT molecular complexity index is 1020. The fourth-order valence-electron chi connectivity index (χ4n) is 3.03. The Morgan fingerprint density at radius 3 is 1.06 bits per heavy atom. The van der Waals surface area contributed by atoms with Gasteiger partial charge in [0.2, 0.25) is 0 Å². The predicted molar refractivity (Wildman–Crippen MR) is 132 cm³/mol. The Hall–Kier alpha value is -3.98. The first kappa shape index (κ1) is 20.3. The van der Waals surface area contributed by atoms with Gasteiger partial charge in [-0.05, 0) is 46.5 Å². The van der Waals surface area contributed by atoms with Crippen LogP contribution < -0.4 is 9.31 Å². The van der Waals surface area contributed by atoms with E-state index in [9.17, 15) is 0 Å². The molecular formula is C28H23BO2. The van der Waals surface area contributed by atoms with Gasteiger partial charge < -0.3 is 9.31 Å². The van der Waals surface area contributed by atoms with E-state index >= 15 is 0 Å². The van der Waals surface area contributed by atoms with Crippen LogP contribution in [0.1, 0.15) is 22.3 Å². The van der Waals surface area contributed by atoms with E-state index in [2.05, 4.69) is 48.6 Å². The van der Waals surface area contributed by atoms with Gasteiger partial charge in [0.15, 0.2) is 0 Å². The second-order valence-electron chi connectivity index (χ2n) is 7.03. The van der Waals surface area contributed by atoms with Crippen LogP contribution in [-0.2, 0) is 0 Å². The predicted octanol–water partition coefficient (Wildman–Crippen LogP) is 6.75. The summed E-state index contributed by atoms with van der Waals surface area (Å²) in [5, 5.41) is 0. The molecule has 0 radical (unpaired) electrons. The minimum Gasteiger partial charge on any atom is -0.529 e. The average molecular weight is 402 g/mol. The summed E-state index contributed by atoms with van der Waals surface area (Å²) in [6.45, 7) is 0. The topological polar surface area (TPSA) is 18.5 Å². The molecule has 0 unspecified atom stereocenters. The fraction of sp³-hybridized carbons (Fsp3) is 0. The quantitative estimate of drug-likeness (QED) is 0.240. The highest BCUT2D eigenvalue weighted by Gasteiger charge is 2.00. The fourth-order valence-corrected chi connectivity index (χ4v) is 3.03. The summed E-state index contributed by atoms with van der Waals surface area (Å²) in [7, 11) is 0.165. The van der Waals surface area contributed by atoms with E-state index < -0.39 is 0 Å². The van der Waals surface area contributed by atoms with E-state index in [0.29, 0.717) is 0 Å². The molecule has 0 fully saturated rings. The maximum absolute atomic E-state index is 5.70. The summed E-state index contributed by atoms with van der Waals surface area (Å²) in [6.07, 6.45) is 8.36. The molecule has 0 aliphatic carbocycles. The molecule has 31 heavy (non-hydrogen) atoms. The van der Waals surface area contributed by atoms with Crippen molar-refractivity contribution >= 4 is 32.0 Å². The molecule has 0 aromatic heterocycles. The molecule has 0 saturated carbocycles. The van der Waals surface area contributed by atoms with Crippen molar-refractivity contribution in [3.63, 3.8) is 0 Å². The van der Waals surface area contributed by atoms with E-state index in [1.54, 1.807) is 0 Å². The first-order valence-electron chi connectivity index (χ1n) is 10.3.